The maximum atomic E-state index is 12.2. The number of carbonyl (C=O) groups excluding carboxylic acids is 1. The van der Waals surface area contributed by atoms with E-state index >= 15 is 0 Å². The van der Waals surface area contributed by atoms with Crippen LogP contribution in [0.3, 0.4) is 0 Å². The van der Waals surface area contributed by atoms with E-state index in [1.165, 1.54) is 11.6 Å². The van der Waals surface area contributed by atoms with E-state index in [2.05, 4.69) is 15.6 Å². The predicted octanol–water partition coefficient (Wildman–Crippen LogP) is 2.45. The van der Waals surface area contributed by atoms with E-state index in [0.717, 1.165) is 6.42 Å². The predicted molar refractivity (Wildman–Crippen MR) is 125 cm³/mol. The van der Waals surface area contributed by atoms with E-state index in [1.54, 1.807) is 41.2 Å². The van der Waals surface area contributed by atoms with Crippen LogP contribution in [0, 0.1) is 0 Å². The molecule has 2 heterocycles. The van der Waals surface area contributed by atoms with Gasteiger partial charge in [0.2, 0.25) is 5.91 Å². The Labute approximate surface area is 191 Å². The quantitative estimate of drug-likeness (QED) is 0.358. The fourth-order valence-electron chi connectivity index (χ4n) is 3.98. The minimum absolute atomic E-state index is 0.102. The van der Waals surface area contributed by atoms with Crippen molar-refractivity contribution in [3.8, 4) is 0 Å². The lowest BCUT2D eigenvalue weighted by molar-refractivity contribution is -0.142. The highest BCUT2D eigenvalue weighted by Crippen LogP contribution is 2.27. The standard InChI is InChI=1S/C24H26N6O3/c25-20-8-4-5-9-21(20)26-23(31)11-10-18-15-30(28-27-18)19-14-22(24(32)33)29(16-19)13-12-17-6-2-1-3-7-17/h1-11,15,19,22H,12-14,16,25H2,(H,26,31)(H,32,33)/b11-10+/t19-,22-/m1/s1. The van der Waals surface area contributed by atoms with Gasteiger partial charge in [0, 0.05) is 19.2 Å². The number of rotatable bonds is 8. The first-order chi connectivity index (χ1) is 16.0. The molecule has 0 saturated carbocycles. The first-order valence-electron chi connectivity index (χ1n) is 10.8. The summed E-state index contributed by atoms with van der Waals surface area (Å²) in [5.41, 5.74) is 8.55. The molecule has 4 rings (SSSR count). The minimum Gasteiger partial charge on any atom is -0.480 e. The van der Waals surface area contributed by atoms with Crippen LogP contribution in [-0.2, 0) is 16.0 Å². The molecule has 33 heavy (non-hydrogen) atoms. The third-order valence-corrected chi connectivity index (χ3v) is 5.72. The van der Waals surface area contributed by atoms with Gasteiger partial charge in [0.15, 0.2) is 0 Å². The van der Waals surface area contributed by atoms with Crippen LogP contribution in [0.2, 0.25) is 0 Å². The molecule has 1 aliphatic rings. The van der Waals surface area contributed by atoms with Crippen molar-refractivity contribution in [2.24, 2.45) is 0 Å². The molecule has 1 fully saturated rings. The van der Waals surface area contributed by atoms with E-state index in [0.29, 0.717) is 36.6 Å². The van der Waals surface area contributed by atoms with Crippen molar-refractivity contribution in [2.75, 3.05) is 24.1 Å². The van der Waals surface area contributed by atoms with Gasteiger partial charge >= 0.3 is 5.97 Å². The summed E-state index contributed by atoms with van der Waals surface area (Å²) in [6.07, 6.45) is 5.88. The van der Waals surface area contributed by atoms with Gasteiger partial charge in [-0.15, -0.1) is 5.10 Å². The Morgan fingerprint density at radius 1 is 1.15 bits per heavy atom. The topological polar surface area (TPSA) is 126 Å². The Hall–Kier alpha value is -3.98. The number of carbonyl (C=O) groups is 2. The van der Waals surface area contributed by atoms with Gasteiger partial charge in [-0.2, -0.15) is 0 Å². The SMILES string of the molecule is Nc1ccccc1NC(=O)/C=C/c1cn([C@@H]2C[C@H](C(=O)O)N(CCc3ccccc3)C2)nn1. The Balaban J connectivity index is 1.37. The zero-order valence-corrected chi connectivity index (χ0v) is 18.0. The molecule has 0 bridgehead atoms. The molecular weight excluding hydrogens is 420 g/mol. The number of carboxylic acids is 1. The number of anilines is 2. The first-order valence-corrected chi connectivity index (χ1v) is 10.8. The van der Waals surface area contributed by atoms with Gasteiger partial charge < -0.3 is 16.2 Å². The summed E-state index contributed by atoms with van der Waals surface area (Å²) in [5.74, 6) is -1.16. The lowest BCUT2D eigenvalue weighted by Gasteiger charge is -2.20. The van der Waals surface area contributed by atoms with Gasteiger partial charge in [-0.1, -0.05) is 47.7 Å². The number of para-hydroxylation sites is 2. The zero-order valence-electron chi connectivity index (χ0n) is 18.0. The number of amides is 1. The molecule has 9 heteroatoms. The average Bonchev–Trinajstić information content (AvgIpc) is 3.46. The number of nitrogen functional groups attached to an aromatic ring is 1. The van der Waals surface area contributed by atoms with Crippen molar-refractivity contribution in [1.29, 1.82) is 0 Å². The highest BCUT2D eigenvalue weighted by molar-refractivity contribution is 6.03. The molecule has 1 saturated heterocycles. The van der Waals surface area contributed by atoms with Crippen LogP contribution in [0.1, 0.15) is 23.7 Å². The Morgan fingerprint density at radius 2 is 1.91 bits per heavy atom. The number of aliphatic carboxylic acids is 1. The number of nitrogens with zero attached hydrogens (tertiary/aromatic N) is 4. The number of aromatic nitrogens is 3. The smallest absolute Gasteiger partial charge is 0.321 e. The second-order valence-corrected chi connectivity index (χ2v) is 8.01. The van der Waals surface area contributed by atoms with Gasteiger partial charge in [-0.3, -0.25) is 14.5 Å². The number of nitrogens with two attached hydrogens (primary N) is 1. The Kier molecular flexibility index (Phi) is 6.80. The molecule has 4 N–H and O–H groups in total. The molecule has 1 aromatic heterocycles. The summed E-state index contributed by atoms with van der Waals surface area (Å²) < 4.78 is 1.69. The second kappa shape index (κ2) is 10.1. The summed E-state index contributed by atoms with van der Waals surface area (Å²) in [7, 11) is 0. The van der Waals surface area contributed by atoms with Crippen molar-refractivity contribution in [2.45, 2.75) is 24.9 Å². The third-order valence-electron chi connectivity index (χ3n) is 5.72. The van der Waals surface area contributed by atoms with Crippen molar-refractivity contribution in [3.63, 3.8) is 0 Å². The van der Waals surface area contributed by atoms with Crippen molar-refractivity contribution in [1.82, 2.24) is 19.9 Å². The second-order valence-electron chi connectivity index (χ2n) is 8.01. The van der Waals surface area contributed by atoms with Crippen molar-refractivity contribution < 1.29 is 14.7 Å². The number of hydrogen-bond donors (Lipinski definition) is 3. The highest BCUT2D eigenvalue weighted by Gasteiger charge is 2.37. The first kappa shape index (κ1) is 22.2. The molecule has 1 aliphatic heterocycles. The largest absolute Gasteiger partial charge is 0.480 e. The van der Waals surface area contributed by atoms with Gasteiger partial charge in [-0.25, -0.2) is 4.68 Å². The van der Waals surface area contributed by atoms with Gasteiger partial charge in [0.25, 0.3) is 0 Å². The van der Waals surface area contributed by atoms with Gasteiger partial charge in [-0.05, 0) is 36.6 Å². The fraction of sp³-hybridized carbons (Fsp3) is 0.250. The molecule has 3 aromatic rings. The average molecular weight is 447 g/mol. The molecule has 0 spiro atoms. The van der Waals surface area contributed by atoms with E-state index in [9.17, 15) is 14.7 Å². The molecule has 2 atom stereocenters. The van der Waals surface area contributed by atoms with Crippen molar-refractivity contribution >= 4 is 29.3 Å². The van der Waals surface area contributed by atoms with Crippen LogP contribution in [0.4, 0.5) is 11.4 Å². The number of hydrogen-bond acceptors (Lipinski definition) is 6. The molecule has 0 radical (unpaired) electrons. The number of likely N-dealkylation sites (tertiary alicyclic amines) is 1. The van der Waals surface area contributed by atoms with E-state index in [1.807, 2.05) is 35.2 Å². The Morgan fingerprint density at radius 3 is 2.67 bits per heavy atom. The number of benzene rings is 2. The maximum Gasteiger partial charge on any atom is 0.321 e. The van der Waals surface area contributed by atoms with Crippen LogP contribution in [-0.4, -0.2) is 56.0 Å². The summed E-state index contributed by atoms with van der Waals surface area (Å²) in [6, 6.07) is 16.4. The van der Waals surface area contributed by atoms with Crippen LogP contribution in [0.25, 0.3) is 6.08 Å². The minimum atomic E-state index is -0.831. The van der Waals surface area contributed by atoms with Crippen molar-refractivity contribution in [3.05, 3.63) is 78.1 Å². The lowest BCUT2D eigenvalue weighted by atomic mass is 10.1. The van der Waals surface area contributed by atoms with Crippen LogP contribution in [0.15, 0.2) is 66.9 Å². The molecule has 9 nitrogen and oxygen atoms in total. The molecule has 2 aromatic carbocycles. The summed E-state index contributed by atoms with van der Waals surface area (Å²) >= 11 is 0. The number of nitrogens with one attached hydrogen (secondary N) is 1. The molecule has 170 valence electrons. The van der Waals surface area contributed by atoms with E-state index < -0.39 is 12.0 Å². The zero-order chi connectivity index (χ0) is 23.2. The van der Waals surface area contributed by atoms with E-state index in [-0.39, 0.29) is 11.9 Å². The lowest BCUT2D eigenvalue weighted by Crippen LogP contribution is -2.37. The highest BCUT2D eigenvalue weighted by atomic mass is 16.4. The fourth-order valence-corrected chi connectivity index (χ4v) is 3.98. The monoisotopic (exact) mass is 446 g/mol. The molecule has 0 unspecified atom stereocenters. The molecule has 0 aliphatic carbocycles. The number of carboxylic acid groups (broad SMARTS) is 1. The summed E-state index contributed by atoms with van der Waals surface area (Å²) in [4.78, 5) is 26.0. The van der Waals surface area contributed by atoms with Crippen LogP contribution in [0.5, 0.6) is 0 Å². The van der Waals surface area contributed by atoms with E-state index in [4.69, 9.17) is 5.73 Å². The summed E-state index contributed by atoms with van der Waals surface area (Å²) in [5, 5.41) is 20.7. The Bertz CT molecular complexity index is 1140. The van der Waals surface area contributed by atoms with Crippen LogP contribution < -0.4 is 11.1 Å². The van der Waals surface area contributed by atoms with Gasteiger partial charge in [0.05, 0.1) is 23.6 Å². The molecule has 1 amide bonds. The third kappa shape index (κ3) is 5.64. The van der Waals surface area contributed by atoms with Gasteiger partial charge in [0.1, 0.15) is 11.7 Å². The molecular formula is C24H26N6O3. The van der Waals surface area contributed by atoms with Crippen LogP contribution >= 0.6 is 0 Å². The maximum absolute atomic E-state index is 12.2. The summed E-state index contributed by atoms with van der Waals surface area (Å²) in [6.45, 7) is 1.23. The normalized spacial score (nSPS) is 18.5.